The smallest absolute Gasteiger partial charge is 0.328 e. The van der Waals surface area contributed by atoms with E-state index in [2.05, 4.69) is 47.2 Å². The number of carbonyl (C=O) groups excluding carboxylic acids is 7. The Morgan fingerprint density at radius 1 is 0.781 bits per heavy atom. The largest absolute Gasteiger partial charge is 0.508 e. The first kappa shape index (κ1) is 55.9. The van der Waals surface area contributed by atoms with Crippen LogP contribution in [-0.2, 0) is 57.6 Å². The molecule has 0 aliphatic carbocycles. The third kappa shape index (κ3) is 17.1. The van der Waals surface area contributed by atoms with Gasteiger partial charge in [-0.15, -0.1) is 0 Å². The molecule has 1 aromatic heterocycles. The van der Waals surface area contributed by atoms with Crippen LogP contribution >= 0.6 is 12.2 Å². The van der Waals surface area contributed by atoms with Crippen LogP contribution in [0.2, 0.25) is 0 Å². The van der Waals surface area contributed by atoms with Crippen molar-refractivity contribution in [2.24, 2.45) is 22.4 Å². The first-order valence-electron chi connectivity index (χ1n) is 24.0. The van der Waals surface area contributed by atoms with Crippen molar-refractivity contribution < 1.29 is 43.4 Å². The third-order valence-electron chi connectivity index (χ3n) is 12.3. The van der Waals surface area contributed by atoms with Gasteiger partial charge in [0, 0.05) is 49.3 Å². The first-order valence-corrected chi connectivity index (χ1v) is 24.4. The molecule has 22 heteroatoms. The molecule has 73 heavy (non-hydrogen) atoms. The number of thiocarbonyl (C=S) groups is 1. The van der Waals surface area contributed by atoms with Crippen molar-refractivity contribution >= 4 is 75.5 Å². The maximum absolute atomic E-state index is 14.6. The summed E-state index contributed by atoms with van der Waals surface area (Å²) in [4.78, 5) is 104. The van der Waals surface area contributed by atoms with Crippen LogP contribution in [0, 0.1) is 17.2 Å². The van der Waals surface area contributed by atoms with Crippen molar-refractivity contribution in [2.45, 2.75) is 114 Å². The van der Waals surface area contributed by atoms with Gasteiger partial charge in [-0.25, -0.2) is 4.79 Å². The molecule has 388 valence electrons. The summed E-state index contributed by atoms with van der Waals surface area (Å²) in [7, 11) is 0. The molecule has 1 aliphatic rings. The predicted molar refractivity (Wildman–Crippen MR) is 276 cm³/mol. The Morgan fingerprint density at radius 3 is 2.00 bits per heavy atom. The van der Waals surface area contributed by atoms with Crippen molar-refractivity contribution in [1.82, 2.24) is 42.2 Å². The Morgan fingerprint density at radius 2 is 1.37 bits per heavy atom. The number of cyclic esters (lactones) is 1. The van der Waals surface area contributed by atoms with Crippen molar-refractivity contribution in [2.75, 3.05) is 13.2 Å². The lowest BCUT2D eigenvalue weighted by Gasteiger charge is -2.29. The van der Waals surface area contributed by atoms with Crippen LogP contribution in [0.1, 0.15) is 69.6 Å². The molecular formula is C51H64N12O9S. The fourth-order valence-electron chi connectivity index (χ4n) is 8.02. The van der Waals surface area contributed by atoms with Crippen LogP contribution in [-0.4, -0.2) is 118 Å². The molecule has 1 saturated heterocycles. The van der Waals surface area contributed by atoms with Gasteiger partial charge in [0.05, 0.1) is 24.1 Å². The van der Waals surface area contributed by atoms with Gasteiger partial charge in [-0.2, -0.15) is 5.26 Å². The fourth-order valence-corrected chi connectivity index (χ4v) is 8.23. The number of hydrogen-bond acceptors (Lipinski definition) is 12. The van der Waals surface area contributed by atoms with Crippen molar-refractivity contribution in [1.29, 1.82) is 5.26 Å². The van der Waals surface area contributed by atoms with E-state index in [1.54, 1.807) is 55.6 Å². The number of aliphatic imine (C=N–C) groups is 1. The molecule has 0 radical (unpaired) electrons. The highest BCUT2D eigenvalue weighted by Gasteiger charge is 2.36. The Bertz CT molecular complexity index is 2650. The second kappa shape index (κ2) is 27.5. The number of ether oxygens (including phenoxy) is 1. The highest BCUT2D eigenvalue weighted by molar-refractivity contribution is 7.80. The minimum atomic E-state index is -1.36. The van der Waals surface area contributed by atoms with Gasteiger partial charge in [0.2, 0.25) is 35.4 Å². The van der Waals surface area contributed by atoms with Crippen LogP contribution in [0.15, 0.2) is 90.1 Å². The van der Waals surface area contributed by atoms with E-state index in [1.807, 2.05) is 37.3 Å². The average Bonchev–Trinajstić information content (AvgIpc) is 3.98. The SMILES string of the molecule is CC[C@H](C)[C@H](NC(=O)[C@H](CCCN=C(N)N)NC(=O)[C@H](Cc1ccccc1)NC(=O)[C@H](Cc1ccc(O)cc1)NC(=O)[C@H](C)NC(=O)[C@H](Cc1c[nH]c2ccccc12)NC(=S)CC#N)C(=O)NC1CCOC1=O. The van der Waals surface area contributed by atoms with Crippen molar-refractivity contribution in [3.63, 3.8) is 0 Å². The van der Waals surface area contributed by atoms with E-state index in [9.17, 15) is 43.9 Å². The number of guanidine groups is 1. The number of H-pyrrole nitrogens is 1. The van der Waals surface area contributed by atoms with E-state index in [0.29, 0.717) is 17.5 Å². The summed E-state index contributed by atoms with van der Waals surface area (Å²) in [6.07, 6.45) is 2.50. The molecule has 0 spiro atoms. The summed E-state index contributed by atoms with van der Waals surface area (Å²) in [5, 5.41) is 39.5. The zero-order valence-electron chi connectivity index (χ0n) is 40.9. The lowest BCUT2D eigenvalue weighted by molar-refractivity contribution is -0.142. The molecule has 3 aromatic carbocycles. The number of nitrogens with zero attached hydrogens (tertiary/aromatic N) is 2. The van der Waals surface area contributed by atoms with Crippen LogP contribution < -0.4 is 48.7 Å². The molecular weight excluding hydrogens is 957 g/mol. The molecule has 4 aromatic rings. The van der Waals surface area contributed by atoms with Gasteiger partial charge < -0.3 is 63.5 Å². The highest BCUT2D eigenvalue weighted by Crippen LogP contribution is 2.20. The number of nitrogens with one attached hydrogen (secondary N) is 8. The monoisotopic (exact) mass is 1020 g/mol. The number of rotatable bonds is 26. The number of para-hydroxylation sites is 1. The molecule has 8 atom stereocenters. The quantitative estimate of drug-likeness (QED) is 0.0138. The Balaban J connectivity index is 1.38. The number of nitrogens with two attached hydrogens (primary N) is 2. The molecule has 5 rings (SSSR count). The van der Waals surface area contributed by atoms with Gasteiger partial charge in [0.15, 0.2) is 5.96 Å². The second-order valence-electron chi connectivity index (χ2n) is 17.8. The number of aromatic nitrogens is 1. The van der Waals surface area contributed by atoms with Crippen LogP contribution in [0.5, 0.6) is 5.75 Å². The van der Waals surface area contributed by atoms with E-state index < -0.39 is 89.6 Å². The minimum absolute atomic E-state index is 0.00440. The number of phenolic OH excluding ortho intramolecular Hbond substituents is 1. The van der Waals surface area contributed by atoms with E-state index in [1.165, 1.54) is 19.1 Å². The number of amides is 6. The summed E-state index contributed by atoms with van der Waals surface area (Å²) < 4.78 is 4.99. The van der Waals surface area contributed by atoms with Gasteiger partial charge >= 0.3 is 5.97 Å². The van der Waals surface area contributed by atoms with Crippen LogP contribution in [0.4, 0.5) is 0 Å². The minimum Gasteiger partial charge on any atom is -0.508 e. The summed E-state index contributed by atoms with van der Waals surface area (Å²) in [6.45, 7) is 5.26. The van der Waals surface area contributed by atoms with Crippen LogP contribution in [0.25, 0.3) is 10.9 Å². The number of esters is 1. The number of carbonyl (C=O) groups is 7. The van der Waals surface area contributed by atoms with Gasteiger partial charge in [-0.05, 0) is 60.6 Å². The molecule has 13 N–H and O–H groups in total. The van der Waals surface area contributed by atoms with E-state index in [4.69, 9.17) is 28.4 Å². The standard InChI is InChI=1S/C51H64N12O9S/c1-4-29(2)43(49(70)60-38-21-24-72-50(38)71)63-45(66)37(15-10-23-55-51(53)54)59-47(68)40(25-31-11-6-5-7-12-31)62-48(69)39(26-32-16-18-34(64)19-17-32)61-44(65)30(3)57-46(67)41(58-42(73)20-22-52)27-33-28-56-36-14-9-8-13-35(33)36/h5-9,11-14,16-19,28-30,37-41,43,56,64H,4,10,15,20-21,23-27H2,1-3H3,(H,57,67)(H,58,73)(H,59,68)(H,60,70)(H,61,65)(H,62,69)(H,63,66)(H4,53,54,55)/t29-,30-,37-,38?,39-,40-,41-,43-/m0/s1. The summed E-state index contributed by atoms with van der Waals surface area (Å²) in [5.74, 6) is -5.50. The van der Waals surface area contributed by atoms with Gasteiger partial charge in [-0.1, -0.05) is 93.1 Å². The lowest BCUT2D eigenvalue weighted by atomic mass is 9.97. The maximum atomic E-state index is 14.6. The molecule has 1 fully saturated rings. The molecule has 0 bridgehead atoms. The van der Waals surface area contributed by atoms with E-state index in [-0.39, 0.29) is 74.8 Å². The molecule has 1 unspecified atom stereocenters. The first-order chi connectivity index (χ1) is 35.0. The number of aromatic amines is 1. The second-order valence-corrected chi connectivity index (χ2v) is 18.3. The molecule has 6 amide bonds. The number of benzene rings is 3. The number of aromatic hydroxyl groups is 1. The molecule has 2 heterocycles. The fraction of sp³-hybridized carbons (Fsp3) is 0.412. The van der Waals surface area contributed by atoms with Crippen LogP contribution in [0.3, 0.4) is 0 Å². The highest BCUT2D eigenvalue weighted by atomic mass is 32.1. The molecule has 0 saturated carbocycles. The lowest BCUT2D eigenvalue weighted by Crippen LogP contribution is -2.60. The third-order valence-corrected chi connectivity index (χ3v) is 12.6. The van der Waals surface area contributed by atoms with Crippen molar-refractivity contribution in [3.8, 4) is 11.8 Å². The van der Waals surface area contributed by atoms with E-state index in [0.717, 1.165) is 16.5 Å². The Labute approximate surface area is 428 Å². The maximum Gasteiger partial charge on any atom is 0.328 e. The predicted octanol–water partition coefficient (Wildman–Crippen LogP) is 1.08. The number of phenols is 1. The van der Waals surface area contributed by atoms with Crippen molar-refractivity contribution in [3.05, 3.63) is 102 Å². The summed E-state index contributed by atoms with van der Waals surface area (Å²) >= 11 is 5.34. The average molecular weight is 1020 g/mol. The van der Waals surface area contributed by atoms with Gasteiger partial charge in [-0.3, -0.25) is 33.8 Å². The normalized spacial score (nSPS) is 15.8. The zero-order valence-corrected chi connectivity index (χ0v) is 41.8. The molecule has 1 aliphatic heterocycles. The Kier molecular flexibility index (Phi) is 21.1. The molecule has 21 nitrogen and oxygen atoms in total. The summed E-state index contributed by atoms with van der Waals surface area (Å²) in [6, 6.07) is 16.0. The van der Waals surface area contributed by atoms with Gasteiger partial charge in [0.1, 0.15) is 48.0 Å². The van der Waals surface area contributed by atoms with E-state index >= 15 is 0 Å². The Hall–Kier alpha value is -8.06. The zero-order chi connectivity index (χ0) is 53.0. The number of hydrogen-bond donors (Lipinski definition) is 11. The number of fused-ring (bicyclic) bond motifs is 1. The van der Waals surface area contributed by atoms with Gasteiger partial charge in [0.25, 0.3) is 0 Å². The topological polar surface area (TPSA) is 337 Å². The summed E-state index contributed by atoms with van der Waals surface area (Å²) in [5.41, 5.74) is 13.9. The number of nitriles is 1.